The normalized spacial score (nSPS) is 22.5. The van der Waals surface area contributed by atoms with E-state index in [0.717, 1.165) is 24.5 Å². The average molecular weight is 279 g/mol. The molecule has 0 aliphatic heterocycles. The van der Waals surface area contributed by atoms with E-state index in [-0.39, 0.29) is 0 Å². The van der Waals surface area contributed by atoms with Crippen LogP contribution in [0.25, 0.3) is 0 Å². The monoisotopic (exact) mass is 279 g/mol. The van der Waals surface area contributed by atoms with Crippen LogP contribution in [-0.4, -0.2) is 33.0 Å². The molecule has 4 nitrogen and oxygen atoms in total. The van der Waals surface area contributed by atoms with Crippen molar-refractivity contribution in [2.24, 2.45) is 11.7 Å². The summed E-state index contributed by atoms with van der Waals surface area (Å²) in [4.78, 5) is 0. The van der Waals surface area contributed by atoms with Crippen molar-refractivity contribution in [2.75, 3.05) is 26.9 Å². The SMILES string of the molecule is COc1ccc(OCCOC2CCCCC2CN)cc1. The number of benzene rings is 1. The van der Waals surface area contributed by atoms with Crippen molar-refractivity contribution in [1.82, 2.24) is 0 Å². The minimum Gasteiger partial charge on any atom is -0.497 e. The van der Waals surface area contributed by atoms with Crippen molar-refractivity contribution in [2.45, 2.75) is 31.8 Å². The van der Waals surface area contributed by atoms with Crippen LogP contribution in [0.4, 0.5) is 0 Å². The van der Waals surface area contributed by atoms with Gasteiger partial charge in [-0.3, -0.25) is 0 Å². The van der Waals surface area contributed by atoms with Gasteiger partial charge in [-0.1, -0.05) is 12.8 Å². The Morgan fingerprint density at radius 3 is 2.45 bits per heavy atom. The molecule has 2 unspecified atom stereocenters. The molecule has 1 aliphatic carbocycles. The third kappa shape index (κ3) is 4.39. The lowest BCUT2D eigenvalue weighted by Gasteiger charge is -2.30. The minimum absolute atomic E-state index is 0.313. The second kappa shape index (κ2) is 8.12. The molecule has 2 rings (SSSR count). The molecule has 1 saturated carbocycles. The van der Waals surface area contributed by atoms with E-state index in [1.165, 1.54) is 19.3 Å². The van der Waals surface area contributed by atoms with E-state index >= 15 is 0 Å². The topological polar surface area (TPSA) is 53.7 Å². The molecule has 1 fully saturated rings. The van der Waals surface area contributed by atoms with Crippen LogP contribution >= 0.6 is 0 Å². The van der Waals surface area contributed by atoms with Crippen LogP contribution in [0.1, 0.15) is 25.7 Å². The van der Waals surface area contributed by atoms with E-state index in [2.05, 4.69) is 0 Å². The fraction of sp³-hybridized carbons (Fsp3) is 0.625. The summed E-state index contributed by atoms with van der Waals surface area (Å²) < 4.78 is 16.7. The fourth-order valence-electron chi connectivity index (χ4n) is 2.69. The van der Waals surface area contributed by atoms with Crippen LogP contribution in [0.3, 0.4) is 0 Å². The molecule has 112 valence electrons. The first-order valence-corrected chi connectivity index (χ1v) is 7.42. The molecule has 1 aromatic carbocycles. The molecule has 0 saturated heterocycles. The molecule has 2 N–H and O–H groups in total. The summed E-state index contributed by atoms with van der Waals surface area (Å²) in [5.41, 5.74) is 5.79. The summed E-state index contributed by atoms with van der Waals surface area (Å²) in [7, 11) is 1.65. The van der Waals surface area contributed by atoms with Gasteiger partial charge < -0.3 is 19.9 Å². The summed E-state index contributed by atoms with van der Waals surface area (Å²) >= 11 is 0. The van der Waals surface area contributed by atoms with Crippen LogP contribution in [0.2, 0.25) is 0 Å². The predicted octanol–water partition coefficient (Wildman–Crippen LogP) is 2.61. The Morgan fingerprint density at radius 1 is 1.05 bits per heavy atom. The van der Waals surface area contributed by atoms with E-state index in [4.69, 9.17) is 19.9 Å². The standard InChI is InChI=1S/C16H25NO3/c1-18-14-6-8-15(9-7-14)19-10-11-20-16-5-3-2-4-13(16)12-17/h6-9,13,16H,2-5,10-12,17H2,1H3. The molecule has 1 aromatic rings. The number of hydrogen-bond donors (Lipinski definition) is 1. The van der Waals surface area contributed by atoms with E-state index < -0.39 is 0 Å². The maximum atomic E-state index is 5.92. The Hall–Kier alpha value is -1.26. The second-order valence-electron chi connectivity index (χ2n) is 5.21. The van der Waals surface area contributed by atoms with E-state index in [1.54, 1.807) is 7.11 Å². The average Bonchev–Trinajstić information content (AvgIpc) is 2.52. The summed E-state index contributed by atoms with van der Waals surface area (Å²) in [6.45, 7) is 1.91. The van der Waals surface area contributed by atoms with Gasteiger partial charge in [0.25, 0.3) is 0 Å². The van der Waals surface area contributed by atoms with Gasteiger partial charge in [-0.05, 0) is 49.6 Å². The highest BCUT2D eigenvalue weighted by Gasteiger charge is 2.24. The Morgan fingerprint density at radius 2 is 1.75 bits per heavy atom. The first-order chi connectivity index (χ1) is 9.83. The minimum atomic E-state index is 0.313. The number of methoxy groups -OCH3 is 1. The lowest BCUT2D eigenvalue weighted by atomic mass is 9.86. The van der Waals surface area contributed by atoms with Crippen molar-refractivity contribution >= 4 is 0 Å². The molecule has 20 heavy (non-hydrogen) atoms. The Kier molecular flexibility index (Phi) is 6.15. The van der Waals surface area contributed by atoms with E-state index in [1.807, 2.05) is 24.3 Å². The number of nitrogens with two attached hydrogens (primary N) is 1. The van der Waals surface area contributed by atoms with Crippen LogP contribution < -0.4 is 15.2 Å². The molecule has 0 spiro atoms. The molecule has 0 bridgehead atoms. The molecule has 2 atom stereocenters. The second-order valence-corrected chi connectivity index (χ2v) is 5.21. The number of rotatable bonds is 7. The van der Waals surface area contributed by atoms with Gasteiger partial charge in [0, 0.05) is 0 Å². The van der Waals surface area contributed by atoms with Crippen molar-refractivity contribution in [3.8, 4) is 11.5 Å². The van der Waals surface area contributed by atoms with Crippen LogP contribution in [0, 0.1) is 5.92 Å². The first-order valence-electron chi connectivity index (χ1n) is 7.42. The van der Waals surface area contributed by atoms with Gasteiger partial charge in [-0.2, -0.15) is 0 Å². The predicted molar refractivity (Wildman–Crippen MR) is 79.2 cm³/mol. The molecule has 0 heterocycles. The maximum absolute atomic E-state index is 5.92. The Labute approximate surface area is 121 Å². The van der Waals surface area contributed by atoms with Gasteiger partial charge in [0.15, 0.2) is 0 Å². The highest BCUT2D eigenvalue weighted by molar-refractivity contribution is 5.31. The Balaban J connectivity index is 1.67. The highest BCUT2D eigenvalue weighted by Crippen LogP contribution is 2.26. The molecular weight excluding hydrogens is 254 g/mol. The van der Waals surface area contributed by atoms with Gasteiger partial charge in [0.2, 0.25) is 0 Å². The van der Waals surface area contributed by atoms with Gasteiger partial charge in [0.1, 0.15) is 18.1 Å². The molecule has 0 radical (unpaired) electrons. The van der Waals surface area contributed by atoms with Gasteiger partial charge >= 0.3 is 0 Å². The summed E-state index contributed by atoms with van der Waals surface area (Å²) in [5, 5.41) is 0. The zero-order valence-corrected chi connectivity index (χ0v) is 12.2. The van der Waals surface area contributed by atoms with Crippen molar-refractivity contribution in [3.05, 3.63) is 24.3 Å². The zero-order chi connectivity index (χ0) is 14.2. The fourth-order valence-corrected chi connectivity index (χ4v) is 2.69. The summed E-state index contributed by atoms with van der Waals surface area (Å²) in [6.07, 6.45) is 5.17. The highest BCUT2D eigenvalue weighted by atomic mass is 16.5. The number of ether oxygens (including phenoxy) is 3. The van der Waals surface area contributed by atoms with Gasteiger partial charge in [0.05, 0.1) is 19.8 Å². The first kappa shape index (κ1) is 15.1. The van der Waals surface area contributed by atoms with Crippen molar-refractivity contribution in [3.63, 3.8) is 0 Å². The van der Waals surface area contributed by atoms with Crippen LogP contribution in [0.5, 0.6) is 11.5 Å². The lowest BCUT2D eigenvalue weighted by molar-refractivity contribution is -0.0192. The third-order valence-electron chi connectivity index (χ3n) is 3.89. The molecule has 0 amide bonds. The smallest absolute Gasteiger partial charge is 0.119 e. The van der Waals surface area contributed by atoms with E-state index in [0.29, 0.717) is 25.2 Å². The molecule has 4 heteroatoms. The summed E-state index contributed by atoms with van der Waals surface area (Å²) in [5.74, 6) is 2.19. The number of hydrogen-bond acceptors (Lipinski definition) is 4. The van der Waals surface area contributed by atoms with Crippen molar-refractivity contribution in [1.29, 1.82) is 0 Å². The molecule has 1 aliphatic rings. The zero-order valence-electron chi connectivity index (χ0n) is 12.2. The van der Waals surface area contributed by atoms with Crippen LogP contribution in [0.15, 0.2) is 24.3 Å². The molecular formula is C16H25NO3. The van der Waals surface area contributed by atoms with Crippen molar-refractivity contribution < 1.29 is 14.2 Å². The summed E-state index contributed by atoms with van der Waals surface area (Å²) in [6, 6.07) is 7.59. The van der Waals surface area contributed by atoms with Gasteiger partial charge in [-0.25, -0.2) is 0 Å². The van der Waals surface area contributed by atoms with Crippen LogP contribution in [-0.2, 0) is 4.74 Å². The largest absolute Gasteiger partial charge is 0.497 e. The van der Waals surface area contributed by atoms with E-state index in [9.17, 15) is 0 Å². The maximum Gasteiger partial charge on any atom is 0.119 e. The lowest BCUT2D eigenvalue weighted by Crippen LogP contribution is -2.34. The molecule has 0 aromatic heterocycles. The third-order valence-corrected chi connectivity index (χ3v) is 3.89. The van der Waals surface area contributed by atoms with Gasteiger partial charge in [-0.15, -0.1) is 0 Å². The quantitative estimate of drug-likeness (QED) is 0.780. The Bertz CT molecular complexity index is 380.